The molecule has 5 nitrogen and oxygen atoms in total. The van der Waals surface area contributed by atoms with Crippen LogP contribution in [0.1, 0.15) is 85.2 Å². The molecule has 1 aliphatic carbocycles. The van der Waals surface area contributed by atoms with E-state index in [4.69, 9.17) is 0 Å². The fourth-order valence-corrected chi connectivity index (χ4v) is 4.64. The minimum absolute atomic E-state index is 0.0845. The van der Waals surface area contributed by atoms with Crippen molar-refractivity contribution in [2.45, 2.75) is 76.3 Å². The van der Waals surface area contributed by atoms with E-state index in [1.165, 1.54) is 50.5 Å². The first-order chi connectivity index (χ1) is 12.6. The molecular formula is C21H26N2O3. The fraction of sp³-hybridized carbons (Fsp3) is 0.571. The van der Waals surface area contributed by atoms with Gasteiger partial charge in [0.1, 0.15) is 6.04 Å². The van der Waals surface area contributed by atoms with Crippen LogP contribution in [0.25, 0.3) is 0 Å². The SMILES string of the molecule is O=C1CCC(N2Cc3cc(C4CCCCCCC4)ccc3C2=O)C(=O)N1. The predicted octanol–water partition coefficient (Wildman–Crippen LogP) is 3.28. The van der Waals surface area contributed by atoms with Crippen LogP contribution in [0.5, 0.6) is 0 Å². The maximum atomic E-state index is 12.8. The molecule has 1 unspecified atom stereocenters. The number of nitrogens with zero attached hydrogens (tertiary/aromatic N) is 1. The van der Waals surface area contributed by atoms with Crippen molar-refractivity contribution in [1.29, 1.82) is 0 Å². The molecule has 138 valence electrons. The number of hydrogen-bond acceptors (Lipinski definition) is 3. The molecule has 1 aromatic rings. The van der Waals surface area contributed by atoms with Gasteiger partial charge in [-0.25, -0.2) is 0 Å². The maximum absolute atomic E-state index is 12.8. The fourth-order valence-electron chi connectivity index (χ4n) is 4.64. The summed E-state index contributed by atoms with van der Waals surface area (Å²) in [5.41, 5.74) is 3.08. The summed E-state index contributed by atoms with van der Waals surface area (Å²) in [5, 5.41) is 2.36. The summed E-state index contributed by atoms with van der Waals surface area (Å²) in [4.78, 5) is 37.9. The standard InChI is InChI=1S/C21H26N2O3/c24-19-11-10-18(20(25)22-19)23-13-16-12-15(8-9-17(16)21(23)26)14-6-4-2-1-3-5-7-14/h8-9,12,14,18H,1-7,10-11,13H2,(H,22,24,25). The van der Waals surface area contributed by atoms with Crippen LogP contribution in [0, 0.1) is 0 Å². The zero-order valence-corrected chi connectivity index (χ0v) is 15.1. The predicted molar refractivity (Wildman–Crippen MR) is 97.5 cm³/mol. The molecule has 0 spiro atoms. The maximum Gasteiger partial charge on any atom is 0.255 e. The van der Waals surface area contributed by atoms with Crippen LogP contribution in [-0.2, 0) is 16.1 Å². The number of rotatable bonds is 2. The van der Waals surface area contributed by atoms with E-state index in [1.807, 2.05) is 6.07 Å². The van der Waals surface area contributed by atoms with Crippen molar-refractivity contribution in [3.05, 3.63) is 34.9 Å². The summed E-state index contributed by atoms with van der Waals surface area (Å²) in [6, 6.07) is 5.71. The van der Waals surface area contributed by atoms with Crippen molar-refractivity contribution < 1.29 is 14.4 Å². The molecule has 1 saturated heterocycles. The van der Waals surface area contributed by atoms with Crippen LogP contribution in [0.3, 0.4) is 0 Å². The molecule has 1 N–H and O–H groups in total. The number of carbonyl (C=O) groups excluding carboxylic acids is 3. The van der Waals surface area contributed by atoms with Gasteiger partial charge in [0.05, 0.1) is 0 Å². The van der Waals surface area contributed by atoms with Crippen molar-refractivity contribution >= 4 is 17.7 Å². The Kier molecular flexibility index (Phi) is 4.79. The summed E-state index contributed by atoms with van der Waals surface area (Å²) in [5.74, 6) is -0.0938. The van der Waals surface area contributed by atoms with Gasteiger partial charge < -0.3 is 4.90 Å². The molecule has 2 fully saturated rings. The number of nitrogens with one attached hydrogen (secondary N) is 1. The second-order valence-corrected chi connectivity index (χ2v) is 7.86. The highest BCUT2D eigenvalue weighted by molar-refractivity contribution is 6.05. The van der Waals surface area contributed by atoms with Crippen LogP contribution >= 0.6 is 0 Å². The zero-order chi connectivity index (χ0) is 18.1. The minimum Gasteiger partial charge on any atom is -0.322 e. The quantitative estimate of drug-likeness (QED) is 0.829. The van der Waals surface area contributed by atoms with Gasteiger partial charge in [-0.2, -0.15) is 0 Å². The Morgan fingerprint density at radius 1 is 0.923 bits per heavy atom. The molecule has 2 aliphatic heterocycles. The Morgan fingerprint density at radius 3 is 2.38 bits per heavy atom. The van der Waals surface area contributed by atoms with E-state index in [0.29, 0.717) is 30.9 Å². The van der Waals surface area contributed by atoms with E-state index < -0.39 is 6.04 Å². The zero-order valence-electron chi connectivity index (χ0n) is 15.1. The van der Waals surface area contributed by atoms with Crippen LogP contribution in [0.15, 0.2) is 18.2 Å². The molecule has 4 rings (SSSR count). The smallest absolute Gasteiger partial charge is 0.255 e. The Balaban J connectivity index is 1.53. The van der Waals surface area contributed by atoms with E-state index in [0.717, 1.165) is 5.56 Å². The first kappa shape index (κ1) is 17.3. The summed E-state index contributed by atoms with van der Waals surface area (Å²) >= 11 is 0. The van der Waals surface area contributed by atoms with E-state index in [2.05, 4.69) is 17.4 Å². The third-order valence-corrected chi connectivity index (χ3v) is 6.12. The third-order valence-electron chi connectivity index (χ3n) is 6.12. The lowest BCUT2D eigenvalue weighted by atomic mass is 9.85. The third kappa shape index (κ3) is 3.27. The first-order valence-electron chi connectivity index (χ1n) is 9.91. The average molecular weight is 354 g/mol. The number of carbonyl (C=O) groups is 3. The van der Waals surface area contributed by atoms with Gasteiger partial charge in [0.2, 0.25) is 11.8 Å². The Hall–Kier alpha value is -2.17. The molecule has 3 amide bonds. The van der Waals surface area contributed by atoms with Gasteiger partial charge in [0.25, 0.3) is 5.91 Å². The number of imide groups is 1. The minimum atomic E-state index is -0.530. The highest BCUT2D eigenvalue weighted by Crippen LogP contribution is 2.34. The largest absolute Gasteiger partial charge is 0.322 e. The van der Waals surface area contributed by atoms with E-state index >= 15 is 0 Å². The van der Waals surface area contributed by atoms with Gasteiger partial charge in [-0.15, -0.1) is 0 Å². The van der Waals surface area contributed by atoms with Gasteiger partial charge in [0, 0.05) is 18.5 Å². The molecule has 1 aromatic carbocycles. The monoisotopic (exact) mass is 354 g/mol. The van der Waals surface area contributed by atoms with Crippen molar-refractivity contribution in [3.8, 4) is 0 Å². The number of benzene rings is 1. The number of amides is 3. The molecule has 0 radical (unpaired) electrons. The van der Waals surface area contributed by atoms with Crippen molar-refractivity contribution in [3.63, 3.8) is 0 Å². The van der Waals surface area contributed by atoms with Gasteiger partial charge in [-0.05, 0) is 42.4 Å². The summed E-state index contributed by atoms with van der Waals surface area (Å²) in [6.07, 6.45) is 9.72. The second-order valence-electron chi connectivity index (χ2n) is 7.86. The Bertz CT molecular complexity index is 735. The molecule has 3 aliphatic rings. The van der Waals surface area contributed by atoms with Gasteiger partial charge in [-0.3, -0.25) is 19.7 Å². The van der Waals surface area contributed by atoms with Crippen LogP contribution in [0.2, 0.25) is 0 Å². The molecule has 2 heterocycles. The second kappa shape index (κ2) is 7.22. The molecule has 0 bridgehead atoms. The lowest BCUT2D eigenvalue weighted by Gasteiger charge is -2.29. The summed E-state index contributed by atoms with van der Waals surface area (Å²) in [6.45, 7) is 0.473. The Morgan fingerprint density at radius 2 is 1.65 bits per heavy atom. The lowest BCUT2D eigenvalue weighted by molar-refractivity contribution is -0.136. The molecule has 26 heavy (non-hydrogen) atoms. The van der Waals surface area contributed by atoms with Crippen molar-refractivity contribution in [2.75, 3.05) is 0 Å². The van der Waals surface area contributed by atoms with Crippen LogP contribution in [0.4, 0.5) is 0 Å². The highest BCUT2D eigenvalue weighted by Gasteiger charge is 2.39. The average Bonchev–Trinajstić information content (AvgIpc) is 2.91. The first-order valence-corrected chi connectivity index (χ1v) is 9.91. The summed E-state index contributed by atoms with van der Waals surface area (Å²) < 4.78 is 0. The van der Waals surface area contributed by atoms with Gasteiger partial charge in [-0.1, -0.05) is 44.2 Å². The number of hydrogen-bond donors (Lipinski definition) is 1. The van der Waals surface area contributed by atoms with Gasteiger partial charge in [0.15, 0.2) is 0 Å². The normalized spacial score (nSPS) is 24.8. The molecule has 5 heteroatoms. The number of piperidine rings is 1. The van der Waals surface area contributed by atoms with Crippen LogP contribution in [-0.4, -0.2) is 28.7 Å². The summed E-state index contributed by atoms with van der Waals surface area (Å²) in [7, 11) is 0. The molecule has 1 atom stereocenters. The Labute approximate surface area is 154 Å². The number of fused-ring (bicyclic) bond motifs is 1. The molecule has 1 saturated carbocycles. The highest BCUT2D eigenvalue weighted by atomic mass is 16.2. The van der Waals surface area contributed by atoms with E-state index in [-0.39, 0.29) is 17.7 Å². The molecule has 0 aromatic heterocycles. The van der Waals surface area contributed by atoms with Crippen molar-refractivity contribution in [1.82, 2.24) is 10.2 Å². The topological polar surface area (TPSA) is 66.5 Å². The van der Waals surface area contributed by atoms with Gasteiger partial charge >= 0.3 is 0 Å². The van der Waals surface area contributed by atoms with Crippen LogP contribution < -0.4 is 5.32 Å². The lowest BCUT2D eigenvalue weighted by Crippen LogP contribution is -2.52. The van der Waals surface area contributed by atoms with E-state index in [9.17, 15) is 14.4 Å². The van der Waals surface area contributed by atoms with Crippen molar-refractivity contribution in [2.24, 2.45) is 0 Å². The molecular weight excluding hydrogens is 328 g/mol. The van der Waals surface area contributed by atoms with E-state index in [1.54, 1.807) is 4.90 Å².